The first-order valence-electron chi connectivity index (χ1n) is 5.64. The number of rotatable bonds is 4. The van der Waals surface area contributed by atoms with Crippen LogP contribution in [-0.2, 0) is 10.0 Å². The molecule has 4 nitrogen and oxygen atoms in total. The first kappa shape index (κ1) is 16.1. The van der Waals surface area contributed by atoms with Crippen LogP contribution in [0.25, 0.3) is 0 Å². The molecule has 2 aromatic carbocycles. The van der Waals surface area contributed by atoms with E-state index in [9.17, 15) is 12.8 Å². The number of hydrogen-bond acceptors (Lipinski definition) is 3. The van der Waals surface area contributed by atoms with Crippen LogP contribution < -0.4 is 9.46 Å². The van der Waals surface area contributed by atoms with Crippen molar-refractivity contribution in [1.82, 2.24) is 0 Å². The maximum Gasteiger partial charge on any atom is 0.261 e. The molecular weight excluding hydrogens is 385 g/mol. The summed E-state index contributed by atoms with van der Waals surface area (Å²) in [4.78, 5) is 0.00978. The summed E-state index contributed by atoms with van der Waals surface area (Å²) in [6, 6.07) is 7.73. The van der Waals surface area contributed by atoms with Crippen LogP contribution in [0.1, 0.15) is 0 Å². The average Bonchev–Trinajstić information content (AvgIpc) is 2.36. The molecule has 2 aromatic rings. The van der Waals surface area contributed by atoms with Gasteiger partial charge in [-0.2, -0.15) is 0 Å². The van der Waals surface area contributed by atoms with Gasteiger partial charge in [0.1, 0.15) is 11.6 Å². The molecule has 0 aliphatic rings. The summed E-state index contributed by atoms with van der Waals surface area (Å²) in [6.45, 7) is 0. The smallest absolute Gasteiger partial charge is 0.261 e. The second kappa shape index (κ2) is 6.21. The van der Waals surface area contributed by atoms with Crippen LogP contribution in [0, 0.1) is 5.82 Å². The highest BCUT2D eigenvalue weighted by atomic mass is 79.9. The Morgan fingerprint density at radius 1 is 1.24 bits per heavy atom. The van der Waals surface area contributed by atoms with Gasteiger partial charge in [0.25, 0.3) is 10.0 Å². The van der Waals surface area contributed by atoms with Gasteiger partial charge in [-0.05, 0) is 52.3 Å². The SMILES string of the molecule is COc1ccc(S(=O)(=O)Nc2cc(F)cc(Cl)c2)cc1Br. The van der Waals surface area contributed by atoms with Gasteiger partial charge in [-0.15, -0.1) is 0 Å². The topological polar surface area (TPSA) is 55.4 Å². The van der Waals surface area contributed by atoms with Crippen LogP contribution in [0.4, 0.5) is 10.1 Å². The van der Waals surface area contributed by atoms with E-state index < -0.39 is 15.8 Å². The van der Waals surface area contributed by atoms with Crippen molar-refractivity contribution >= 4 is 43.2 Å². The van der Waals surface area contributed by atoms with Gasteiger partial charge in [0.2, 0.25) is 0 Å². The van der Waals surface area contributed by atoms with Crippen molar-refractivity contribution in [3.8, 4) is 5.75 Å². The summed E-state index contributed by atoms with van der Waals surface area (Å²) in [5.41, 5.74) is 0.0481. The van der Waals surface area contributed by atoms with Crippen molar-refractivity contribution in [2.45, 2.75) is 4.90 Å². The Hall–Kier alpha value is -1.31. The lowest BCUT2D eigenvalue weighted by molar-refractivity contribution is 0.411. The van der Waals surface area contributed by atoms with E-state index in [1.807, 2.05) is 0 Å². The number of benzene rings is 2. The molecule has 21 heavy (non-hydrogen) atoms. The van der Waals surface area contributed by atoms with Crippen LogP contribution in [0.15, 0.2) is 45.8 Å². The van der Waals surface area contributed by atoms with Gasteiger partial charge >= 0.3 is 0 Å². The molecule has 0 saturated heterocycles. The minimum atomic E-state index is -3.86. The molecule has 0 amide bonds. The number of sulfonamides is 1. The number of halogens is 3. The van der Waals surface area contributed by atoms with E-state index in [-0.39, 0.29) is 15.6 Å². The van der Waals surface area contributed by atoms with E-state index in [0.717, 1.165) is 12.1 Å². The molecule has 0 unspecified atom stereocenters. The van der Waals surface area contributed by atoms with Crippen molar-refractivity contribution in [2.24, 2.45) is 0 Å². The highest BCUT2D eigenvalue weighted by Crippen LogP contribution is 2.28. The third-order valence-corrected chi connectivity index (χ3v) is 4.77. The zero-order chi connectivity index (χ0) is 15.6. The first-order valence-corrected chi connectivity index (χ1v) is 8.30. The number of ether oxygens (including phenoxy) is 1. The maximum atomic E-state index is 13.2. The minimum Gasteiger partial charge on any atom is -0.496 e. The monoisotopic (exact) mass is 393 g/mol. The molecule has 0 fully saturated rings. The van der Waals surface area contributed by atoms with Gasteiger partial charge in [0.05, 0.1) is 22.2 Å². The summed E-state index contributed by atoms with van der Waals surface area (Å²) in [5, 5.41) is 0.101. The van der Waals surface area contributed by atoms with Gasteiger partial charge in [-0.3, -0.25) is 4.72 Å². The third kappa shape index (κ3) is 3.87. The molecular formula is C13H10BrClFNO3S. The van der Waals surface area contributed by atoms with Gasteiger partial charge in [-0.25, -0.2) is 12.8 Å². The van der Waals surface area contributed by atoms with Crippen LogP contribution in [0.3, 0.4) is 0 Å². The summed E-state index contributed by atoms with van der Waals surface area (Å²) in [6.07, 6.45) is 0. The van der Waals surface area contributed by atoms with Crippen molar-refractivity contribution in [1.29, 1.82) is 0 Å². The number of methoxy groups -OCH3 is 1. The standard InChI is InChI=1S/C13H10BrClFNO3S/c1-20-13-3-2-11(7-12(13)14)21(18,19)17-10-5-8(15)4-9(16)6-10/h2-7,17H,1H3. The maximum absolute atomic E-state index is 13.2. The quantitative estimate of drug-likeness (QED) is 0.851. The predicted octanol–water partition coefficient (Wildman–Crippen LogP) is 4.05. The van der Waals surface area contributed by atoms with E-state index in [1.54, 1.807) is 0 Å². The normalized spacial score (nSPS) is 11.2. The van der Waals surface area contributed by atoms with Crippen molar-refractivity contribution in [3.63, 3.8) is 0 Å². The molecule has 0 atom stereocenters. The zero-order valence-electron chi connectivity index (χ0n) is 10.7. The average molecular weight is 395 g/mol. The van der Waals surface area contributed by atoms with Crippen molar-refractivity contribution in [2.75, 3.05) is 11.8 Å². The Balaban J connectivity index is 2.36. The Morgan fingerprint density at radius 3 is 2.52 bits per heavy atom. The predicted molar refractivity (Wildman–Crippen MR) is 82.9 cm³/mol. The van der Waals surface area contributed by atoms with Gasteiger partial charge in [-0.1, -0.05) is 11.6 Å². The molecule has 1 N–H and O–H groups in total. The lowest BCUT2D eigenvalue weighted by atomic mass is 10.3. The molecule has 0 saturated carbocycles. The molecule has 0 spiro atoms. The molecule has 0 aliphatic carbocycles. The Morgan fingerprint density at radius 2 is 1.95 bits per heavy atom. The van der Waals surface area contributed by atoms with E-state index in [1.165, 1.54) is 31.4 Å². The van der Waals surface area contributed by atoms with Crippen LogP contribution in [0.5, 0.6) is 5.75 Å². The first-order chi connectivity index (χ1) is 9.81. The lowest BCUT2D eigenvalue weighted by Gasteiger charge is -2.10. The summed E-state index contributed by atoms with van der Waals surface area (Å²) < 4.78 is 45.5. The fourth-order valence-electron chi connectivity index (χ4n) is 1.64. The summed E-state index contributed by atoms with van der Waals surface area (Å²) >= 11 is 8.90. The zero-order valence-corrected chi connectivity index (χ0v) is 13.9. The second-order valence-electron chi connectivity index (χ2n) is 4.06. The fraction of sp³-hybridized carbons (Fsp3) is 0.0769. The Labute approximate surface area is 135 Å². The summed E-state index contributed by atoms with van der Waals surface area (Å²) in [5.74, 6) is -0.126. The number of nitrogens with one attached hydrogen (secondary N) is 1. The van der Waals surface area contributed by atoms with Gasteiger partial charge in [0.15, 0.2) is 0 Å². The third-order valence-electron chi connectivity index (χ3n) is 2.55. The van der Waals surface area contributed by atoms with Crippen molar-refractivity contribution < 1.29 is 17.5 Å². The van der Waals surface area contributed by atoms with Crippen LogP contribution in [-0.4, -0.2) is 15.5 Å². The summed E-state index contributed by atoms with van der Waals surface area (Å²) in [7, 11) is -2.38. The largest absolute Gasteiger partial charge is 0.496 e. The van der Waals surface area contributed by atoms with E-state index in [2.05, 4.69) is 20.7 Å². The Bertz CT molecular complexity index is 763. The lowest BCUT2D eigenvalue weighted by Crippen LogP contribution is -2.13. The number of hydrogen-bond donors (Lipinski definition) is 1. The highest BCUT2D eigenvalue weighted by Gasteiger charge is 2.16. The molecule has 0 radical (unpaired) electrons. The molecule has 0 aliphatic heterocycles. The molecule has 0 bridgehead atoms. The van der Waals surface area contributed by atoms with E-state index >= 15 is 0 Å². The molecule has 0 aromatic heterocycles. The molecule has 0 heterocycles. The van der Waals surface area contributed by atoms with Gasteiger partial charge < -0.3 is 4.74 Å². The number of anilines is 1. The van der Waals surface area contributed by atoms with E-state index in [0.29, 0.717) is 10.2 Å². The van der Waals surface area contributed by atoms with E-state index in [4.69, 9.17) is 16.3 Å². The molecule has 8 heteroatoms. The second-order valence-corrected chi connectivity index (χ2v) is 7.03. The van der Waals surface area contributed by atoms with Crippen LogP contribution >= 0.6 is 27.5 Å². The van der Waals surface area contributed by atoms with Crippen molar-refractivity contribution in [3.05, 3.63) is 51.7 Å². The van der Waals surface area contributed by atoms with Crippen LogP contribution in [0.2, 0.25) is 5.02 Å². The molecule has 112 valence electrons. The van der Waals surface area contributed by atoms with Gasteiger partial charge in [0, 0.05) is 5.02 Å². The fourth-order valence-corrected chi connectivity index (χ4v) is 3.62. The highest BCUT2D eigenvalue weighted by molar-refractivity contribution is 9.10. The minimum absolute atomic E-state index is 0.00978. The Kier molecular flexibility index (Phi) is 4.75. The molecule has 2 rings (SSSR count).